The van der Waals surface area contributed by atoms with E-state index in [0.717, 1.165) is 27.5 Å². The molecule has 0 bridgehead atoms. The molecule has 3 rings (SSSR count). The lowest BCUT2D eigenvalue weighted by molar-refractivity contribution is 0.365. The number of pyridine rings is 1. The number of benzene rings is 2. The third-order valence-corrected chi connectivity index (χ3v) is 3.30. The molecule has 0 aliphatic heterocycles. The van der Waals surface area contributed by atoms with Gasteiger partial charge in [-0.15, -0.1) is 0 Å². The van der Waals surface area contributed by atoms with E-state index in [4.69, 9.17) is 17.2 Å². The van der Waals surface area contributed by atoms with Crippen LogP contribution in [0.2, 0.25) is 0 Å². The molecule has 0 saturated heterocycles. The fourth-order valence-corrected chi connectivity index (χ4v) is 2.51. The fourth-order valence-electron chi connectivity index (χ4n) is 2.21. The first-order valence-corrected chi connectivity index (χ1v) is 7.07. The molecule has 2 aromatic carbocycles. The van der Waals surface area contributed by atoms with Crippen LogP contribution in [0.3, 0.4) is 0 Å². The summed E-state index contributed by atoms with van der Waals surface area (Å²) in [4.78, 5) is 4.69. The second-order valence-electron chi connectivity index (χ2n) is 5.05. The van der Waals surface area contributed by atoms with Gasteiger partial charge in [-0.05, 0) is 36.5 Å². The van der Waals surface area contributed by atoms with Crippen LogP contribution in [0.15, 0.2) is 48.5 Å². The van der Waals surface area contributed by atoms with Crippen LogP contribution in [0, 0.1) is 0 Å². The molecule has 0 unspecified atom stereocenters. The Morgan fingerprint density at radius 1 is 1.00 bits per heavy atom. The maximum absolute atomic E-state index is 5.23. The summed E-state index contributed by atoms with van der Waals surface area (Å²) in [6.45, 7) is 0. The lowest BCUT2D eigenvalue weighted by atomic mass is 10.1. The van der Waals surface area contributed by atoms with Crippen LogP contribution in [0.5, 0.6) is 0 Å². The standard InChI is InChI=1S/C16H16N4S/c1-20(2)19-16(21)17-13-8-7-12-9-11-5-3-4-6-14(11)18-15(12)10-13/h3-10H,1-2H3,(H2,17,19,21). The number of para-hydroxylation sites is 1. The predicted octanol–water partition coefficient (Wildman–Crippen LogP) is 3.15. The maximum atomic E-state index is 5.23. The molecule has 4 nitrogen and oxygen atoms in total. The Bertz CT molecular complexity index is 814. The largest absolute Gasteiger partial charge is 0.332 e. The lowest BCUT2D eigenvalue weighted by Crippen LogP contribution is -2.38. The fraction of sp³-hybridized carbons (Fsp3) is 0.125. The summed E-state index contributed by atoms with van der Waals surface area (Å²) in [5.41, 5.74) is 5.87. The van der Waals surface area contributed by atoms with Crippen molar-refractivity contribution < 1.29 is 0 Å². The molecule has 0 aliphatic carbocycles. The molecule has 5 heteroatoms. The van der Waals surface area contributed by atoms with Crippen molar-refractivity contribution in [3.05, 3.63) is 48.5 Å². The van der Waals surface area contributed by atoms with E-state index in [-0.39, 0.29) is 0 Å². The SMILES string of the molecule is CN(C)NC(=S)Nc1ccc2cc3ccccc3nc2c1. The van der Waals surface area contributed by atoms with Gasteiger partial charge in [0.25, 0.3) is 0 Å². The van der Waals surface area contributed by atoms with Crippen molar-refractivity contribution in [1.29, 1.82) is 0 Å². The molecule has 2 N–H and O–H groups in total. The van der Waals surface area contributed by atoms with Gasteiger partial charge in [-0.25, -0.2) is 9.99 Å². The molecule has 0 saturated carbocycles. The zero-order valence-corrected chi connectivity index (χ0v) is 12.7. The molecule has 0 aliphatic rings. The Labute approximate surface area is 128 Å². The van der Waals surface area contributed by atoms with Crippen molar-refractivity contribution in [3.63, 3.8) is 0 Å². The van der Waals surface area contributed by atoms with Gasteiger partial charge in [0.15, 0.2) is 5.11 Å². The van der Waals surface area contributed by atoms with Crippen LogP contribution in [0.4, 0.5) is 5.69 Å². The molecule has 21 heavy (non-hydrogen) atoms. The number of hydrogen-bond acceptors (Lipinski definition) is 3. The zero-order valence-electron chi connectivity index (χ0n) is 11.9. The first-order valence-electron chi connectivity index (χ1n) is 6.66. The van der Waals surface area contributed by atoms with Crippen molar-refractivity contribution in [2.24, 2.45) is 0 Å². The van der Waals surface area contributed by atoms with Crippen molar-refractivity contribution in [3.8, 4) is 0 Å². The minimum Gasteiger partial charge on any atom is -0.332 e. The number of anilines is 1. The molecule has 0 amide bonds. The molecule has 0 atom stereocenters. The Morgan fingerprint density at radius 3 is 2.57 bits per heavy atom. The van der Waals surface area contributed by atoms with E-state index in [0.29, 0.717) is 5.11 Å². The summed E-state index contributed by atoms with van der Waals surface area (Å²) >= 11 is 5.23. The van der Waals surface area contributed by atoms with E-state index in [1.165, 1.54) is 0 Å². The maximum Gasteiger partial charge on any atom is 0.185 e. The van der Waals surface area contributed by atoms with E-state index in [2.05, 4.69) is 28.9 Å². The van der Waals surface area contributed by atoms with Crippen LogP contribution >= 0.6 is 12.2 Å². The van der Waals surface area contributed by atoms with Gasteiger partial charge in [0, 0.05) is 30.6 Å². The molecular formula is C16H16N4S. The van der Waals surface area contributed by atoms with Gasteiger partial charge in [0.2, 0.25) is 0 Å². The molecule has 0 spiro atoms. The van der Waals surface area contributed by atoms with E-state index in [1.807, 2.05) is 44.4 Å². The van der Waals surface area contributed by atoms with Crippen molar-refractivity contribution in [1.82, 2.24) is 15.4 Å². The Morgan fingerprint density at radius 2 is 1.76 bits per heavy atom. The van der Waals surface area contributed by atoms with Gasteiger partial charge in [-0.3, -0.25) is 5.43 Å². The molecule has 0 fully saturated rings. The first-order chi connectivity index (χ1) is 10.1. The van der Waals surface area contributed by atoms with Crippen LogP contribution in [-0.2, 0) is 0 Å². The number of thiocarbonyl (C=S) groups is 1. The number of rotatable bonds is 2. The summed E-state index contributed by atoms with van der Waals surface area (Å²) in [6.07, 6.45) is 0. The molecule has 1 aromatic heterocycles. The highest BCUT2D eigenvalue weighted by molar-refractivity contribution is 7.80. The number of nitrogens with zero attached hydrogens (tertiary/aromatic N) is 2. The molecule has 3 aromatic rings. The topological polar surface area (TPSA) is 40.2 Å². The number of nitrogens with one attached hydrogen (secondary N) is 2. The van der Waals surface area contributed by atoms with Crippen molar-refractivity contribution >= 4 is 44.8 Å². The third-order valence-electron chi connectivity index (χ3n) is 3.10. The minimum absolute atomic E-state index is 0.556. The number of aromatic nitrogens is 1. The van der Waals surface area contributed by atoms with Gasteiger partial charge < -0.3 is 5.32 Å². The molecule has 1 heterocycles. The smallest absolute Gasteiger partial charge is 0.185 e. The second-order valence-corrected chi connectivity index (χ2v) is 5.46. The molecular weight excluding hydrogens is 280 g/mol. The number of fused-ring (bicyclic) bond motifs is 2. The second kappa shape index (κ2) is 5.63. The quantitative estimate of drug-likeness (QED) is 0.432. The van der Waals surface area contributed by atoms with Gasteiger partial charge in [-0.1, -0.05) is 24.3 Å². The monoisotopic (exact) mass is 296 g/mol. The van der Waals surface area contributed by atoms with Gasteiger partial charge in [0.1, 0.15) is 0 Å². The average molecular weight is 296 g/mol. The summed E-state index contributed by atoms with van der Waals surface area (Å²) in [7, 11) is 3.78. The van der Waals surface area contributed by atoms with Crippen molar-refractivity contribution in [2.75, 3.05) is 19.4 Å². The van der Waals surface area contributed by atoms with Gasteiger partial charge in [0.05, 0.1) is 11.0 Å². The van der Waals surface area contributed by atoms with Gasteiger partial charge in [-0.2, -0.15) is 0 Å². The van der Waals surface area contributed by atoms with Crippen LogP contribution < -0.4 is 10.7 Å². The zero-order chi connectivity index (χ0) is 14.8. The number of hydrazine groups is 1. The molecule has 0 radical (unpaired) electrons. The van der Waals surface area contributed by atoms with Crippen LogP contribution in [-0.4, -0.2) is 29.2 Å². The Balaban J connectivity index is 1.95. The van der Waals surface area contributed by atoms with Crippen LogP contribution in [0.25, 0.3) is 21.8 Å². The first kappa shape index (κ1) is 13.7. The Hall–Kier alpha value is -2.24. The average Bonchev–Trinajstić information content (AvgIpc) is 2.44. The minimum atomic E-state index is 0.556. The molecule has 106 valence electrons. The van der Waals surface area contributed by atoms with E-state index in [1.54, 1.807) is 5.01 Å². The number of hydrogen-bond donors (Lipinski definition) is 2. The summed E-state index contributed by atoms with van der Waals surface area (Å²) in [5, 5.41) is 7.77. The highest BCUT2D eigenvalue weighted by Gasteiger charge is 2.03. The highest BCUT2D eigenvalue weighted by atomic mass is 32.1. The van der Waals surface area contributed by atoms with Gasteiger partial charge >= 0.3 is 0 Å². The summed E-state index contributed by atoms with van der Waals surface area (Å²) in [5.74, 6) is 0. The highest BCUT2D eigenvalue weighted by Crippen LogP contribution is 2.22. The summed E-state index contributed by atoms with van der Waals surface area (Å²) < 4.78 is 0. The normalized spacial score (nSPS) is 11.0. The van der Waals surface area contributed by atoms with E-state index < -0.39 is 0 Å². The van der Waals surface area contributed by atoms with E-state index >= 15 is 0 Å². The summed E-state index contributed by atoms with van der Waals surface area (Å²) in [6, 6.07) is 16.3. The lowest BCUT2D eigenvalue weighted by Gasteiger charge is -2.15. The van der Waals surface area contributed by atoms with Crippen LogP contribution in [0.1, 0.15) is 0 Å². The third kappa shape index (κ3) is 3.09. The van der Waals surface area contributed by atoms with Crippen molar-refractivity contribution in [2.45, 2.75) is 0 Å². The Kier molecular flexibility index (Phi) is 3.68. The predicted molar refractivity (Wildman–Crippen MR) is 92.3 cm³/mol. The van der Waals surface area contributed by atoms with E-state index in [9.17, 15) is 0 Å².